The van der Waals surface area contributed by atoms with Gasteiger partial charge < -0.3 is 0 Å². The number of hydrogen-bond acceptors (Lipinski definition) is 1. The van der Waals surface area contributed by atoms with Crippen LogP contribution in [0.15, 0.2) is 85.1 Å². The SMILES string of the molecule is CCCC(C)c1ccccc1-c1ncc(-c2ccccc2)c2ccccc12. The molecule has 0 amide bonds. The van der Waals surface area contributed by atoms with E-state index in [9.17, 15) is 0 Å². The number of benzene rings is 3. The molecule has 0 fully saturated rings. The van der Waals surface area contributed by atoms with Crippen LogP contribution in [0.2, 0.25) is 0 Å². The van der Waals surface area contributed by atoms with Gasteiger partial charge in [0, 0.05) is 22.7 Å². The van der Waals surface area contributed by atoms with Gasteiger partial charge in [-0.05, 0) is 28.9 Å². The van der Waals surface area contributed by atoms with E-state index in [0.29, 0.717) is 5.92 Å². The highest BCUT2D eigenvalue weighted by molar-refractivity contribution is 6.03. The molecule has 4 aromatic rings. The average molecular weight is 351 g/mol. The lowest BCUT2D eigenvalue weighted by Crippen LogP contribution is -1.98. The van der Waals surface area contributed by atoms with E-state index in [0.717, 1.165) is 5.69 Å². The van der Waals surface area contributed by atoms with Crippen molar-refractivity contribution in [3.05, 3.63) is 90.6 Å². The van der Waals surface area contributed by atoms with Gasteiger partial charge in [-0.25, -0.2) is 0 Å². The van der Waals surface area contributed by atoms with Gasteiger partial charge in [-0.3, -0.25) is 4.98 Å². The molecule has 27 heavy (non-hydrogen) atoms. The second-order valence-corrected chi connectivity index (χ2v) is 7.21. The molecule has 0 aliphatic rings. The first-order valence-corrected chi connectivity index (χ1v) is 9.82. The molecule has 3 aromatic carbocycles. The molecule has 0 saturated carbocycles. The minimum atomic E-state index is 0.528. The summed E-state index contributed by atoms with van der Waals surface area (Å²) in [6.45, 7) is 4.57. The first kappa shape index (κ1) is 17.5. The zero-order valence-corrected chi connectivity index (χ0v) is 16.0. The maximum absolute atomic E-state index is 4.96. The fourth-order valence-electron chi connectivity index (χ4n) is 3.99. The van der Waals surface area contributed by atoms with E-state index < -0.39 is 0 Å². The highest BCUT2D eigenvalue weighted by Gasteiger charge is 2.15. The summed E-state index contributed by atoms with van der Waals surface area (Å²) in [6.07, 6.45) is 4.42. The van der Waals surface area contributed by atoms with E-state index in [4.69, 9.17) is 4.98 Å². The Labute approximate surface area is 161 Å². The second kappa shape index (κ2) is 7.75. The van der Waals surface area contributed by atoms with E-state index in [-0.39, 0.29) is 0 Å². The third-order valence-corrected chi connectivity index (χ3v) is 5.35. The number of rotatable bonds is 5. The van der Waals surface area contributed by atoms with E-state index in [1.807, 2.05) is 6.20 Å². The molecular formula is C26H25N. The van der Waals surface area contributed by atoms with Crippen molar-refractivity contribution in [3.63, 3.8) is 0 Å². The summed E-state index contributed by atoms with van der Waals surface area (Å²) < 4.78 is 0. The Morgan fingerprint density at radius 2 is 1.41 bits per heavy atom. The van der Waals surface area contributed by atoms with Crippen LogP contribution in [-0.4, -0.2) is 4.98 Å². The van der Waals surface area contributed by atoms with Gasteiger partial charge in [0.15, 0.2) is 0 Å². The summed E-state index contributed by atoms with van der Waals surface area (Å²) in [5.74, 6) is 0.528. The molecule has 1 heteroatoms. The molecule has 0 N–H and O–H groups in total. The molecule has 0 aliphatic carbocycles. The normalized spacial score (nSPS) is 12.2. The van der Waals surface area contributed by atoms with Crippen molar-refractivity contribution in [2.24, 2.45) is 0 Å². The highest BCUT2D eigenvalue weighted by atomic mass is 14.7. The van der Waals surface area contributed by atoms with Crippen molar-refractivity contribution in [2.45, 2.75) is 32.6 Å². The molecule has 1 aromatic heterocycles. The van der Waals surface area contributed by atoms with Crippen LogP contribution < -0.4 is 0 Å². The van der Waals surface area contributed by atoms with Crippen molar-refractivity contribution in [2.75, 3.05) is 0 Å². The lowest BCUT2D eigenvalue weighted by atomic mass is 9.89. The predicted octanol–water partition coefficient (Wildman–Crippen LogP) is 7.47. The standard InChI is InChI=1S/C26H25N/c1-3-11-19(2)21-14-7-9-16-23(21)26-24-17-10-8-15-22(24)25(18-27-26)20-12-5-4-6-13-20/h4-10,12-19H,3,11H2,1-2H3. The van der Waals surface area contributed by atoms with E-state index in [1.54, 1.807) is 0 Å². The summed E-state index contributed by atoms with van der Waals surface area (Å²) in [6, 6.07) is 27.9. The van der Waals surface area contributed by atoms with Crippen LogP contribution in [0.4, 0.5) is 0 Å². The highest BCUT2D eigenvalue weighted by Crippen LogP contribution is 2.37. The predicted molar refractivity (Wildman–Crippen MR) is 116 cm³/mol. The molecule has 0 saturated heterocycles. The van der Waals surface area contributed by atoms with Crippen molar-refractivity contribution in [3.8, 4) is 22.4 Å². The van der Waals surface area contributed by atoms with Crippen molar-refractivity contribution >= 4 is 10.8 Å². The quantitative estimate of drug-likeness (QED) is 0.363. The van der Waals surface area contributed by atoms with Gasteiger partial charge >= 0.3 is 0 Å². The molecule has 0 radical (unpaired) electrons. The Bertz CT molecular complexity index is 1050. The fraction of sp³-hybridized carbons (Fsp3) is 0.192. The fourth-order valence-corrected chi connectivity index (χ4v) is 3.99. The van der Waals surface area contributed by atoms with Gasteiger partial charge in [-0.1, -0.05) is 99.1 Å². The van der Waals surface area contributed by atoms with Crippen LogP contribution >= 0.6 is 0 Å². The number of hydrogen-bond donors (Lipinski definition) is 0. The number of nitrogens with zero attached hydrogens (tertiary/aromatic N) is 1. The van der Waals surface area contributed by atoms with Crippen LogP contribution in [0, 0.1) is 0 Å². The van der Waals surface area contributed by atoms with E-state index in [1.165, 1.54) is 45.9 Å². The van der Waals surface area contributed by atoms with E-state index >= 15 is 0 Å². The van der Waals surface area contributed by atoms with Crippen LogP contribution in [-0.2, 0) is 0 Å². The Morgan fingerprint density at radius 3 is 2.19 bits per heavy atom. The summed E-state index contributed by atoms with van der Waals surface area (Å²) in [5.41, 5.74) is 6.14. The van der Waals surface area contributed by atoms with Crippen LogP contribution in [0.1, 0.15) is 38.2 Å². The van der Waals surface area contributed by atoms with Crippen molar-refractivity contribution < 1.29 is 0 Å². The van der Waals surface area contributed by atoms with Gasteiger partial charge in [0.1, 0.15) is 0 Å². The largest absolute Gasteiger partial charge is 0.255 e. The minimum absolute atomic E-state index is 0.528. The molecular weight excluding hydrogens is 326 g/mol. The van der Waals surface area contributed by atoms with Gasteiger partial charge in [0.05, 0.1) is 5.69 Å². The van der Waals surface area contributed by atoms with Gasteiger partial charge in [0.25, 0.3) is 0 Å². The maximum Gasteiger partial charge on any atom is 0.0783 e. The van der Waals surface area contributed by atoms with Crippen LogP contribution in [0.5, 0.6) is 0 Å². The van der Waals surface area contributed by atoms with Crippen molar-refractivity contribution in [1.82, 2.24) is 4.98 Å². The zero-order valence-electron chi connectivity index (χ0n) is 16.0. The Hall–Kier alpha value is -2.93. The minimum Gasteiger partial charge on any atom is -0.255 e. The van der Waals surface area contributed by atoms with Crippen LogP contribution in [0.25, 0.3) is 33.2 Å². The zero-order chi connectivity index (χ0) is 18.6. The first-order chi connectivity index (χ1) is 13.3. The summed E-state index contributed by atoms with van der Waals surface area (Å²) in [4.78, 5) is 4.96. The molecule has 134 valence electrons. The molecule has 0 spiro atoms. The molecule has 0 aliphatic heterocycles. The lowest BCUT2D eigenvalue weighted by molar-refractivity contribution is 0.666. The number of pyridine rings is 1. The molecule has 1 heterocycles. The van der Waals surface area contributed by atoms with E-state index in [2.05, 4.69) is 92.7 Å². The van der Waals surface area contributed by atoms with Crippen molar-refractivity contribution in [1.29, 1.82) is 0 Å². The molecule has 4 rings (SSSR count). The number of aromatic nitrogens is 1. The molecule has 0 bridgehead atoms. The topological polar surface area (TPSA) is 12.9 Å². The third kappa shape index (κ3) is 3.38. The number of fused-ring (bicyclic) bond motifs is 1. The summed E-state index contributed by atoms with van der Waals surface area (Å²) in [5, 5.41) is 2.47. The second-order valence-electron chi connectivity index (χ2n) is 7.21. The average Bonchev–Trinajstić information content (AvgIpc) is 2.74. The first-order valence-electron chi connectivity index (χ1n) is 9.82. The monoisotopic (exact) mass is 351 g/mol. The Balaban J connectivity index is 1.93. The van der Waals surface area contributed by atoms with Gasteiger partial charge in [-0.15, -0.1) is 0 Å². The van der Waals surface area contributed by atoms with Gasteiger partial charge in [-0.2, -0.15) is 0 Å². The summed E-state index contributed by atoms with van der Waals surface area (Å²) >= 11 is 0. The molecule has 1 nitrogen and oxygen atoms in total. The Kier molecular flexibility index (Phi) is 5.02. The maximum atomic E-state index is 4.96. The lowest BCUT2D eigenvalue weighted by Gasteiger charge is -2.17. The van der Waals surface area contributed by atoms with Gasteiger partial charge in [0.2, 0.25) is 0 Å². The smallest absolute Gasteiger partial charge is 0.0783 e. The molecule has 1 unspecified atom stereocenters. The van der Waals surface area contributed by atoms with Crippen LogP contribution in [0.3, 0.4) is 0 Å². The molecule has 1 atom stereocenters. The summed E-state index contributed by atoms with van der Waals surface area (Å²) in [7, 11) is 0. The third-order valence-electron chi connectivity index (χ3n) is 5.35. The Morgan fingerprint density at radius 1 is 0.741 bits per heavy atom.